The second-order valence-electron chi connectivity index (χ2n) is 4.94. The molecule has 1 saturated heterocycles. The smallest absolute Gasteiger partial charge is 0.267 e. The van der Waals surface area contributed by atoms with E-state index in [1.165, 1.54) is 6.42 Å². The van der Waals surface area contributed by atoms with Gasteiger partial charge in [-0.15, -0.1) is 0 Å². The standard InChI is InChI=1S/C13H20N4O/c1-9-2-3-10(7-14)8-17(9)11-4-5-16-12(6-11)13(15)18/h4-6,9-10H,2-3,7-8,14H2,1H3,(H2,15,18). The van der Waals surface area contributed by atoms with Crippen molar-refractivity contribution in [2.24, 2.45) is 17.4 Å². The van der Waals surface area contributed by atoms with Gasteiger partial charge in [-0.2, -0.15) is 0 Å². The summed E-state index contributed by atoms with van der Waals surface area (Å²) < 4.78 is 0. The molecule has 1 aliphatic heterocycles. The normalized spacial score (nSPS) is 24.0. The van der Waals surface area contributed by atoms with Crippen LogP contribution in [0.1, 0.15) is 30.3 Å². The fourth-order valence-electron chi connectivity index (χ4n) is 2.47. The van der Waals surface area contributed by atoms with E-state index < -0.39 is 5.91 Å². The number of piperidine rings is 1. The molecule has 98 valence electrons. The molecule has 0 spiro atoms. The van der Waals surface area contributed by atoms with Crippen LogP contribution >= 0.6 is 0 Å². The van der Waals surface area contributed by atoms with Gasteiger partial charge in [0.05, 0.1) is 0 Å². The van der Waals surface area contributed by atoms with E-state index in [0.29, 0.717) is 24.2 Å². The Morgan fingerprint density at radius 1 is 1.56 bits per heavy atom. The minimum Gasteiger partial charge on any atom is -0.368 e. The molecule has 5 nitrogen and oxygen atoms in total. The zero-order valence-electron chi connectivity index (χ0n) is 10.7. The number of nitrogens with zero attached hydrogens (tertiary/aromatic N) is 2. The van der Waals surface area contributed by atoms with Crippen LogP contribution in [-0.4, -0.2) is 30.0 Å². The zero-order chi connectivity index (χ0) is 13.1. The van der Waals surface area contributed by atoms with E-state index in [1.54, 1.807) is 12.3 Å². The maximum Gasteiger partial charge on any atom is 0.267 e. The highest BCUT2D eigenvalue weighted by molar-refractivity contribution is 5.91. The minimum atomic E-state index is -0.489. The number of anilines is 1. The summed E-state index contributed by atoms with van der Waals surface area (Å²) in [5.74, 6) is 0.0308. The summed E-state index contributed by atoms with van der Waals surface area (Å²) >= 11 is 0. The quantitative estimate of drug-likeness (QED) is 0.826. The van der Waals surface area contributed by atoms with Gasteiger partial charge in [-0.05, 0) is 44.4 Å². The van der Waals surface area contributed by atoms with Crippen molar-refractivity contribution in [3.63, 3.8) is 0 Å². The Labute approximate surface area is 107 Å². The van der Waals surface area contributed by atoms with Gasteiger partial charge in [-0.25, -0.2) is 0 Å². The fraction of sp³-hybridized carbons (Fsp3) is 0.538. The summed E-state index contributed by atoms with van der Waals surface area (Å²) in [6, 6.07) is 4.13. The first-order valence-corrected chi connectivity index (χ1v) is 6.34. The molecule has 1 aromatic rings. The van der Waals surface area contributed by atoms with Gasteiger partial charge in [0.1, 0.15) is 5.69 Å². The first-order valence-electron chi connectivity index (χ1n) is 6.34. The van der Waals surface area contributed by atoms with E-state index >= 15 is 0 Å². The number of carbonyl (C=O) groups is 1. The molecule has 2 unspecified atom stereocenters. The molecule has 2 atom stereocenters. The summed E-state index contributed by atoms with van der Waals surface area (Å²) in [4.78, 5) is 17.4. The number of pyridine rings is 1. The average molecular weight is 248 g/mol. The lowest BCUT2D eigenvalue weighted by molar-refractivity contribution is 0.0995. The van der Waals surface area contributed by atoms with E-state index in [1.807, 2.05) is 6.07 Å². The summed E-state index contributed by atoms with van der Waals surface area (Å²) in [7, 11) is 0. The summed E-state index contributed by atoms with van der Waals surface area (Å²) in [5.41, 5.74) is 12.3. The molecule has 1 amide bonds. The van der Waals surface area contributed by atoms with Gasteiger partial charge in [-0.3, -0.25) is 9.78 Å². The van der Waals surface area contributed by atoms with Crippen LogP contribution in [0, 0.1) is 5.92 Å². The lowest BCUT2D eigenvalue weighted by Crippen LogP contribution is -2.44. The predicted molar refractivity (Wildman–Crippen MR) is 71.3 cm³/mol. The highest BCUT2D eigenvalue weighted by Gasteiger charge is 2.25. The van der Waals surface area contributed by atoms with E-state index in [-0.39, 0.29) is 0 Å². The molecule has 0 saturated carbocycles. The molecule has 5 heteroatoms. The van der Waals surface area contributed by atoms with Crippen molar-refractivity contribution in [3.05, 3.63) is 24.0 Å². The van der Waals surface area contributed by atoms with E-state index in [0.717, 1.165) is 18.7 Å². The van der Waals surface area contributed by atoms with Crippen LogP contribution in [0.25, 0.3) is 0 Å². The van der Waals surface area contributed by atoms with Gasteiger partial charge in [0.2, 0.25) is 0 Å². The third kappa shape index (κ3) is 2.61. The third-order valence-electron chi connectivity index (χ3n) is 3.64. The van der Waals surface area contributed by atoms with E-state index in [4.69, 9.17) is 11.5 Å². The first-order chi connectivity index (χ1) is 8.61. The molecule has 0 radical (unpaired) electrons. The Bertz CT molecular complexity index is 435. The van der Waals surface area contributed by atoms with Gasteiger partial charge < -0.3 is 16.4 Å². The number of hydrogen-bond donors (Lipinski definition) is 2. The lowest BCUT2D eigenvalue weighted by Gasteiger charge is -2.39. The van der Waals surface area contributed by atoms with Crippen molar-refractivity contribution in [3.8, 4) is 0 Å². The molecule has 0 aliphatic carbocycles. The molecule has 2 heterocycles. The maximum atomic E-state index is 11.2. The van der Waals surface area contributed by atoms with Crippen LogP contribution < -0.4 is 16.4 Å². The van der Waals surface area contributed by atoms with Gasteiger partial charge in [-0.1, -0.05) is 0 Å². The molecule has 1 fully saturated rings. The summed E-state index contributed by atoms with van der Waals surface area (Å²) in [6.07, 6.45) is 3.92. The monoisotopic (exact) mass is 248 g/mol. The van der Waals surface area contributed by atoms with Gasteiger partial charge in [0.25, 0.3) is 5.91 Å². The number of amides is 1. The Morgan fingerprint density at radius 3 is 3.00 bits per heavy atom. The lowest BCUT2D eigenvalue weighted by atomic mass is 9.93. The van der Waals surface area contributed by atoms with Gasteiger partial charge in [0, 0.05) is 24.5 Å². The Hall–Kier alpha value is -1.62. The van der Waals surface area contributed by atoms with Crippen LogP contribution in [-0.2, 0) is 0 Å². The van der Waals surface area contributed by atoms with Crippen molar-refractivity contribution in [1.29, 1.82) is 0 Å². The summed E-state index contributed by atoms with van der Waals surface area (Å²) in [5, 5.41) is 0. The summed E-state index contributed by atoms with van der Waals surface area (Å²) in [6.45, 7) is 3.83. The highest BCUT2D eigenvalue weighted by Crippen LogP contribution is 2.27. The molecule has 2 rings (SSSR count). The SMILES string of the molecule is CC1CCC(CN)CN1c1ccnc(C(N)=O)c1. The zero-order valence-corrected chi connectivity index (χ0v) is 10.7. The number of rotatable bonds is 3. The van der Waals surface area contributed by atoms with Crippen LogP contribution in [0.2, 0.25) is 0 Å². The Balaban J connectivity index is 2.23. The number of hydrogen-bond acceptors (Lipinski definition) is 4. The molecular formula is C13H20N4O. The third-order valence-corrected chi connectivity index (χ3v) is 3.64. The average Bonchev–Trinajstić information content (AvgIpc) is 2.39. The molecule has 1 aliphatic rings. The van der Waals surface area contributed by atoms with Crippen LogP contribution in [0.5, 0.6) is 0 Å². The number of nitrogens with two attached hydrogens (primary N) is 2. The van der Waals surface area contributed by atoms with Crippen molar-refractivity contribution in [2.45, 2.75) is 25.8 Å². The Kier molecular flexibility index (Phi) is 3.81. The highest BCUT2D eigenvalue weighted by atomic mass is 16.1. The van der Waals surface area contributed by atoms with Crippen molar-refractivity contribution < 1.29 is 4.79 Å². The molecule has 1 aromatic heterocycles. The van der Waals surface area contributed by atoms with Crippen molar-refractivity contribution in [2.75, 3.05) is 18.0 Å². The Morgan fingerprint density at radius 2 is 2.33 bits per heavy atom. The number of primary amides is 1. The minimum absolute atomic E-state index is 0.314. The second kappa shape index (κ2) is 5.35. The first kappa shape index (κ1) is 12.8. The largest absolute Gasteiger partial charge is 0.368 e. The molecular weight excluding hydrogens is 228 g/mol. The fourth-order valence-corrected chi connectivity index (χ4v) is 2.47. The van der Waals surface area contributed by atoms with Crippen LogP contribution in [0.15, 0.2) is 18.3 Å². The number of aromatic nitrogens is 1. The van der Waals surface area contributed by atoms with Gasteiger partial charge >= 0.3 is 0 Å². The molecule has 18 heavy (non-hydrogen) atoms. The van der Waals surface area contributed by atoms with Crippen molar-refractivity contribution in [1.82, 2.24) is 4.98 Å². The maximum absolute atomic E-state index is 11.2. The molecule has 0 bridgehead atoms. The number of carbonyl (C=O) groups excluding carboxylic acids is 1. The van der Waals surface area contributed by atoms with Crippen LogP contribution in [0.4, 0.5) is 5.69 Å². The van der Waals surface area contributed by atoms with Gasteiger partial charge in [0.15, 0.2) is 0 Å². The van der Waals surface area contributed by atoms with E-state index in [2.05, 4.69) is 16.8 Å². The van der Waals surface area contributed by atoms with Crippen molar-refractivity contribution >= 4 is 11.6 Å². The molecule has 0 aromatic carbocycles. The van der Waals surface area contributed by atoms with Crippen LogP contribution in [0.3, 0.4) is 0 Å². The molecule has 4 N–H and O–H groups in total. The second-order valence-corrected chi connectivity index (χ2v) is 4.94. The predicted octanol–water partition coefficient (Wildman–Crippen LogP) is 0.744. The van der Waals surface area contributed by atoms with E-state index in [9.17, 15) is 4.79 Å². The topological polar surface area (TPSA) is 85.2 Å².